The van der Waals surface area contributed by atoms with Crippen LogP contribution in [0.3, 0.4) is 0 Å². The predicted molar refractivity (Wildman–Crippen MR) is 90.8 cm³/mol. The Morgan fingerprint density at radius 3 is 2.46 bits per heavy atom. The number of nitrogens with one attached hydrogen (secondary N) is 2. The third-order valence-electron chi connectivity index (χ3n) is 4.57. The molecule has 2 rings (SSSR count). The van der Waals surface area contributed by atoms with E-state index in [9.17, 15) is 13.6 Å². The van der Waals surface area contributed by atoms with Crippen LogP contribution in [0.1, 0.15) is 52.1 Å². The number of amides is 2. The monoisotopic (exact) mass is 339 g/mol. The van der Waals surface area contributed by atoms with Gasteiger partial charge in [-0.05, 0) is 46.6 Å². The molecule has 1 aromatic carbocycles. The van der Waals surface area contributed by atoms with E-state index in [0.717, 1.165) is 32.0 Å². The minimum absolute atomic E-state index is 0.105. The van der Waals surface area contributed by atoms with E-state index in [1.165, 1.54) is 12.1 Å². The maximum atomic E-state index is 13.8. The molecule has 1 unspecified atom stereocenters. The van der Waals surface area contributed by atoms with Gasteiger partial charge in [0.05, 0.1) is 6.04 Å². The van der Waals surface area contributed by atoms with Gasteiger partial charge in [0.1, 0.15) is 0 Å². The Balaban J connectivity index is 1.85. The standard InChI is InChI=1S/C18H27F2N3O/c1-12(14-6-5-7-15(19)16(14)20)21-17(24)22-13-8-10-23(11-9-13)18(2,3)4/h5-7,12-13H,8-11H2,1-4H3,(H2,21,22,24). The van der Waals surface area contributed by atoms with Crippen molar-refractivity contribution in [1.29, 1.82) is 0 Å². The number of nitrogens with zero attached hydrogens (tertiary/aromatic N) is 1. The first-order chi connectivity index (χ1) is 11.2. The van der Waals surface area contributed by atoms with E-state index in [4.69, 9.17) is 0 Å². The second-order valence-corrected chi connectivity index (χ2v) is 7.41. The molecular weight excluding hydrogens is 312 g/mol. The number of halogens is 2. The topological polar surface area (TPSA) is 44.4 Å². The molecule has 2 N–H and O–H groups in total. The summed E-state index contributed by atoms with van der Waals surface area (Å²) in [4.78, 5) is 14.5. The lowest BCUT2D eigenvalue weighted by Crippen LogP contribution is -2.52. The van der Waals surface area contributed by atoms with Crippen molar-refractivity contribution in [2.45, 2.75) is 58.2 Å². The number of benzene rings is 1. The molecule has 0 aromatic heterocycles. The third kappa shape index (κ3) is 4.66. The molecule has 24 heavy (non-hydrogen) atoms. The van der Waals surface area contributed by atoms with Gasteiger partial charge in [-0.1, -0.05) is 12.1 Å². The van der Waals surface area contributed by atoms with Gasteiger partial charge in [-0.25, -0.2) is 13.6 Å². The fraction of sp³-hybridized carbons (Fsp3) is 0.611. The number of rotatable bonds is 3. The summed E-state index contributed by atoms with van der Waals surface area (Å²) in [7, 11) is 0. The summed E-state index contributed by atoms with van der Waals surface area (Å²) >= 11 is 0. The molecular formula is C18H27F2N3O. The van der Waals surface area contributed by atoms with Gasteiger partial charge in [0, 0.05) is 30.2 Å². The first-order valence-electron chi connectivity index (χ1n) is 8.44. The number of likely N-dealkylation sites (tertiary alicyclic amines) is 1. The van der Waals surface area contributed by atoms with Gasteiger partial charge in [-0.15, -0.1) is 0 Å². The van der Waals surface area contributed by atoms with Gasteiger partial charge in [-0.2, -0.15) is 0 Å². The Hall–Kier alpha value is -1.69. The number of urea groups is 1. The molecule has 0 spiro atoms. The van der Waals surface area contributed by atoms with E-state index in [1.807, 2.05) is 0 Å². The van der Waals surface area contributed by atoms with E-state index < -0.39 is 17.7 Å². The van der Waals surface area contributed by atoms with Gasteiger partial charge >= 0.3 is 6.03 Å². The number of carbonyl (C=O) groups excluding carboxylic acids is 1. The molecule has 0 saturated carbocycles. The van der Waals surface area contributed by atoms with Crippen molar-refractivity contribution in [2.24, 2.45) is 0 Å². The first kappa shape index (κ1) is 18.6. The highest BCUT2D eigenvalue weighted by Gasteiger charge is 2.27. The lowest BCUT2D eigenvalue weighted by atomic mass is 9.98. The maximum Gasteiger partial charge on any atom is 0.315 e. The Morgan fingerprint density at radius 2 is 1.88 bits per heavy atom. The lowest BCUT2D eigenvalue weighted by molar-refractivity contribution is 0.0977. The zero-order chi connectivity index (χ0) is 17.9. The molecule has 1 saturated heterocycles. The molecule has 1 atom stereocenters. The minimum Gasteiger partial charge on any atom is -0.335 e. The predicted octanol–water partition coefficient (Wildman–Crippen LogP) is 3.59. The lowest BCUT2D eigenvalue weighted by Gasteiger charge is -2.41. The molecule has 134 valence electrons. The summed E-state index contributed by atoms with van der Waals surface area (Å²) in [5.74, 6) is -1.82. The van der Waals surface area contributed by atoms with Crippen LogP contribution in [0.15, 0.2) is 18.2 Å². The van der Waals surface area contributed by atoms with E-state index >= 15 is 0 Å². The van der Waals surface area contributed by atoms with Crippen LogP contribution in [0, 0.1) is 11.6 Å². The number of piperidine rings is 1. The molecule has 0 radical (unpaired) electrons. The van der Waals surface area contributed by atoms with Gasteiger partial charge in [0.15, 0.2) is 11.6 Å². The summed E-state index contributed by atoms with van der Waals surface area (Å²) in [5, 5.41) is 5.62. The second kappa shape index (κ2) is 7.47. The van der Waals surface area contributed by atoms with Gasteiger partial charge in [0.2, 0.25) is 0 Å². The zero-order valence-corrected chi connectivity index (χ0v) is 14.8. The van der Waals surface area contributed by atoms with Crippen LogP contribution in [0.4, 0.5) is 13.6 Å². The molecule has 1 fully saturated rings. The quantitative estimate of drug-likeness (QED) is 0.884. The molecule has 4 nitrogen and oxygen atoms in total. The molecule has 0 bridgehead atoms. The molecule has 0 aliphatic carbocycles. The smallest absolute Gasteiger partial charge is 0.315 e. The molecule has 6 heteroatoms. The van der Waals surface area contributed by atoms with Gasteiger partial charge in [0.25, 0.3) is 0 Å². The van der Waals surface area contributed by atoms with Gasteiger partial charge in [-0.3, -0.25) is 4.90 Å². The van der Waals surface area contributed by atoms with Crippen LogP contribution < -0.4 is 10.6 Å². The molecule has 1 aliphatic heterocycles. The summed E-state index contributed by atoms with van der Waals surface area (Å²) < 4.78 is 27.0. The van der Waals surface area contributed by atoms with Crippen LogP contribution >= 0.6 is 0 Å². The van der Waals surface area contributed by atoms with Crippen molar-refractivity contribution in [3.05, 3.63) is 35.4 Å². The maximum absolute atomic E-state index is 13.8. The Labute approximate surface area is 142 Å². The van der Waals surface area contributed by atoms with Crippen molar-refractivity contribution in [1.82, 2.24) is 15.5 Å². The van der Waals surface area contributed by atoms with Crippen molar-refractivity contribution >= 4 is 6.03 Å². The second-order valence-electron chi connectivity index (χ2n) is 7.41. The third-order valence-corrected chi connectivity index (χ3v) is 4.57. The van der Waals surface area contributed by atoms with Crippen LogP contribution in [-0.2, 0) is 0 Å². The molecule has 2 amide bonds. The van der Waals surface area contributed by atoms with Crippen LogP contribution in [0.2, 0.25) is 0 Å². The summed E-state index contributed by atoms with van der Waals surface area (Å²) in [5.41, 5.74) is 0.282. The summed E-state index contributed by atoms with van der Waals surface area (Å²) in [6.45, 7) is 10.1. The number of carbonyl (C=O) groups is 1. The normalized spacial score (nSPS) is 18.2. The van der Waals surface area contributed by atoms with Crippen molar-refractivity contribution in [3.8, 4) is 0 Å². The molecule has 1 aromatic rings. The van der Waals surface area contributed by atoms with E-state index in [-0.39, 0.29) is 23.2 Å². The highest BCUT2D eigenvalue weighted by atomic mass is 19.2. The number of hydrogen-bond donors (Lipinski definition) is 2. The average molecular weight is 339 g/mol. The Bertz CT molecular complexity index is 578. The van der Waals surface area contributed by atoms with Crippen molar-refractivity contribution in [2.75, 3.05) is 13.1 Å². The SMILES string of the molecule is CC(NC(=O)NC1CCN(C(C)(C)C)CC1)c1cccc(F)c1F. The Kier molecular flexibility index (Phi) is 5.80. The van der Waals surface area contributed by atoms with Crippen LogP contribution in [0.25, 0.3) is 0 Å². The van der Waals surface area contributed by atoms with E-state index in [2.05, 4.69) is 36.3 Å². The molecule has 1 heterocycles. The fourth-order valence-corrected chi connectivity index (χ4v) is 3.05. The van der Waals surface area contributed by atoms with Gasteiger partial charge < -0.3 is 10.6 Å². The molecule has 1 aliphatic rings. The van der Waals surface area contributed by atoms with Crippen molar-refractivity contribution < 1.29 is 13.6 Å². The zero-order valence-electron chi connectivity index (χ0n) is 14.8. The largest absolute Gasteiger partial charge is 0.335 e. The van der Waals surface area contributed by atoms with E-state index in [0.29, 0.717) is 0 Å². The van der Waals surface area contributed by atoms with Crippen LogP contribution in [0.5, 0.6) is 0 Å². The highest BCUT2D eigenvalue weighted by molar-refractivity contribution is 5.74. The summed E-state index contributed by atoms with van der Waals surface area (Å²) in [6, 6.07) is 3.13. The fourth-order valence-electron chi connectivity index (χ4n) is 3.05. The highest BCUT2D eigenvalue weighted by Crippen LogP contribution is 2.21. The van der Waals surface area contributed by atoms with Crippen molar-refractivity contribution in [3.63, 3.8) is 0 Å². The number of hydrogen-bond acceptors (Lipinski definition) is 2. The average Bonchev–Trinajstić information content (AvgIpc) is 2.49. The Morgan fingerprint density at radius 1 is 1.25 bits per heavy atom. The summed E-state index contributed by atoms with van der Waals surface area (Å²) in [6.07, 6.45) is 1.76. The van der Waals surface area contributed by atoms with E-state index in [1.54, 1.807) is 6.92 Å². The van der Waals surface area contributed by atoms with Crippen LogP contribution in [-0.4, -0.2) is 35.6 Å². The minimum atomic E-state index is -0.913. The first-order valence-corrected chi connectivity index (χ1v) is 8.44.